The molecular formula is C34H33BrN12. The molecule has 0 saturated heterocycles. The first-order valence-electron chi connectivity index (χ1n) is 15.1. The largest absolute Gasteiger partial charge is 0.334 e. The maximum Gasteiger partial charge on any atom is 0.154 e. The minimum absolute atomic E-state index is 0.390. The van der Waals surface area contributed by atoms with Crippen molar-refractivity contribution in [1.29, 1.82) is 0 Å². The van der Waals surface area contributed by atoms with E-state index in [1.165, 1.54) is 0 Å². The second-order valence-electron chi connectivity index (χ2n) is 11.5. The molecule has 7 aromatic rings. The Morgan fingerprint density at radius 1 is 0.617 bits per heavy atom. The first-order chi connectivity index (χ1) is 22.7. The number of aryl methyl sites for hydroxylation is 1. The zero-order valence-corrected chi connectivity index (χ0v) is 28.2. The van der Waals surface area contributed by atoms with Gasteiger partial charge in [-0.2, -0.15) is 10.2 Å². The molecule has 0 aliphatic heterocycles. The van der Waals surface area contributed by atoms with E-state index in [1.54, 1.807) is 24.9 Å². The summed E-state index contributed by atoms with van der Waals surface area (Å²) in [6, 6.07) is 15.6. The third-order valence-corrected chi connectivity index (χ3v) is 7.78. The molecule has 12 nitrogen and oxygen atoms in total. The minimum Gasteiger partial charge on any atom is -0.334 e. The van der Waals surface area contributed by atoms with Crippen LogP contribution in [0, 0.1) is 0 Å². The number of rotatable bonds is 7. The van der Waals surface area contributed by atoms with E-state index >= 15 is 0 Å². The summed E-state index contributed by atoms with van der Waals surface area (Å²) < 4.78 is 2.86. The van der Waals surface area contributed by atoms with Gasteiger partial charge < -0.3 is 15.2 Å². The highest BCUT2D eigenvalue weighted by Gasteiger charge is 2.09. The lowest BCUT2D eigenvalue weighted by molar-refractivity contribution is 0.843. The van der Waals surface area contributed by atoms with Crippen LogP contribution in [-0.4, -0.2) is 49.9 Å². The number of halogens is 1. The lowest BCUT2D eigenvalue weighted by Crippen LogP contribution is -2.00. The van der Waals surface area contributed by atoms with Crippen LogP contribution in [0.15, 0.2) is 90.3 Å². The van der Waals surface area contributed by atoms with Crippen molar-refractivity contribution < 1.29 is 0 Å². The van der Waals surface area contributed by atoms with Gasteiger partial charge in [0, 0.05) is 29.5 Å². The summed E-state index contributed by atoms with van der Waals surface area (Å²) in [6.07, 6.45) is 10.8. The van der Waals surface area contributed by atoms with E-state index < -0.39 is 0 Å². The van der Waals surface area contributed by atoms with Gasteiger partial charge in [-0.05, 0) is 87.4 Å². The number of aromatic nitrogens is 10. The van der Waals surface area contributed by atoms with Gasteiger partial charge in [0.1, 0.15) is 11.6 Å². The SMILES string of the molecule is CC(C)c1cnnc(Nc2ccc3ncc(-c4cncn4C)cc3n2)c1.CC(C)c1cnnc(Nc2ccc3ncc(Br)cc3n2)c1. The predicted octanol–water partition coefficient (Wildman–Crippen LogP) is 7.74. The molecule has 0 aliphatic carbocycles. The molecule has 0 saturated carbocycles. The van der Waals surface area contributed by atoms with Crippen molar-refractivity contribution in [3.8, 4) is 11.3 Å². The lowest BCUT2D eigenvalue weighted by Gasteiger charge is -2.09. The minimum atomic E-state index is 0.390. The first-order valence-corrected chi connectivity index (χ1v) is 15.9. The van der Waals surface area contributed by atoms with Crippen LogP contribution in [0.3, 0.4) is 0 Å². The Hall–Kier alpha value is -5.43. The number of nitrogens with one attached hydrogen (secondary N) is 2. The molecule has 0 amide bonds. The number of imidazole rings is 1. The van der Waals surface area contributed by atoms with Crippen LogP contribution in [0.5, 0.6) is 0 Å². The fourth-order valence-corrected chi connectivity index (χ4v) is 5.00. The molecule has 7 heterocycles. The normalized spacial score (nSPS) is 11.1. The Bertz CT molecular complexity index is 2160. The average molecular weight is 690 g/mol. The molecule has 0 unspecified atom stereocenters. The molecule has 0 aromatic carbocycles. The van der Waals surface area contributed by atoms with Crippen LogP contribution < -0.4 is 10.6 Å². The second kappa shape index (κ2) is 13.9. The standard InChI is InChI=1S/C19H19N7.C15H14BrN5/c1-12(2)13-7-19(25-22-9-13)24-18-5-4-15-16(23-18)6-14(8-21-15)17-10-20-11-26(17)3;1-9(2)10-5-15(21-18-7-10)20-14-4-3-12-13(19-14)6-11(16)8-17-12/h4-12H,1-3H3,(H,23,24,25);3-9H,1-2H3,(H,19,20,21). The van der Waals surface area contributed by atoms with Crippen LogP contribution in [0.25, 0.3) is 33.3 Å². The fraction of sp³-hybridized carbons (Fsp3) is 0.206. The molecule has 0 aliphatic rings. The molecule has 0 spiro atoms. The smallest absolute Gasteiger partial charge is 0.154 e. The van der Waals surface area contributed by atoms with Gasteiger partial charge in [0.15, 0.2) is 11.6 Å². The summed E-state index contributed by atoms with van der Waals surface area (Å²) >= 11 is 3.40. The van der Waals surface area contributed by atoms with Crippen molar-refractivity contribution in [3.05, 3.63) is 101 Å². The van der Waals surface area contributed by atoms with E-state index in [-0.39, 0.29) is 0 Å². The third kappa shape index (κ3) is 7.69. The number of anilines is 4. The quantitative estimate of drug-likeness (QED) is 0.170. The van der Waals surface area contributed by atoms with Crippen LogP contribution in [-0.2, 0) is 7.05 Å². The second-order valence-corrected chi connectivity index (χ2v) is 12.5. The third-order valence-electron chi connectivity index (χ3n) is 7.35. The Kier molecular flexibility index (Phi) is 9.34. The van der Waals surface area contributed by atoms with Gasteiger partial charge in [-0.15, -0.1) is 10.2 Å². The van der Waals surface area contributed by atoms with Gasteiger partial charge in [-0.3, -0.25) is 9.97 Å². The van der Waals surface area contributed by atoms with Gasteiger partial charge in [0.2, 0.25) is 0 Å². The maximum absolute atomic E-state index is 4.67. The monoisotopic (exact) mass is 688 g/mol. The van der Waals surface area contributed by atoms with E-state index in [0.29, 0.717) is 29.3 Å². The van der Waals surface area contributed by atoms with Crippen molar-refractivity contribution in [3.63, 3.8) is 0 Å². The Morgan fingerprint density at radius 3 is 1.70 bits per heavy atom. The van der Waals surface area contributed by atoms with Crippen LogP contribution in [0.4, 0.5) is 23.3 Å². The maximum atomic E-state index is 4.67. The topological polar surface area (TPSA) is 145 Å². The highest BCUT2D eigenvalue weighted by atomic mass is 79.9. The van der Waals surface area contributed by atoms with E-state index in [2.05, 4.69) is 99.6 Å². The molecule has 47 heavy (non-hydrogen) atoms. The molecule has 0 atom stereocenters. The number of fused-ring (bicyclic) bond motifs is 2. The summed E-state index contributed by atoms with van der Waals surface area (Å²) in [4.78, 5) is 22.2. The Morgan fingerprint density at radius 2 is 1.17 bits per heavy atom. The van der Waals surface area contributed by atoms with E-state index in [4.69, 9.17) is 0 Å². The number of hydrogen-bond donors (Lipinski definition) is 2. The molecule has 7 aromatic heterocycles. The highest BCUT2D eigenvalue weighted by Crippen LogP contribution is 2.24. The zero-order chi connectivity index (χ0) is 32.9. The van der Waals surface area contributed by atoms with Gasteiger partial charge in [0.05, 0.1) is 52.7 Å². The average Bonchev–Trinajstić information content (AvgIpc) is 3.50. The van der Waals surface area contributed by atoms with E-state index in [1.807, 2.05) is 72.5 Å². The number of pyridine rings is 4. The van der Waals surface area contributed by atoms with Crippen molar-refractivity contribution in [1.82, 2.24) is 49.9 Å². The van der Waals surface area contributed by atoms with Crippen molar-refractivity contribution in [2.24, 2.45) is 7.05 Å². The summed E-state index contributed by atoms with van der Waals surface area (Å²) in [5, 5.41) is 22.7. The van der Waals surface area contributed by atoms with Crippen LogP contribution in [0.1, 0.15) is 50.7 Å². The van der Waals surface area contributed by atoms with E-state index in [0.717, 1.165) is 54.7 Å². The fourth-order valence-electron chi connectivity index (χ4n) is 4.68. The number of nitrogens with zero attached hydrogens (tertiary/aromatic N) is 10. The van der Waals surface area contributed by atoms with Gasteiger partial charge in [-0.1, -0.05) is 27.7 Å². The predicted molar refractivity (Wildman–Crippen MR) is 188 cm³/mol. The Balaban J connectivity index is 0.000000168. The van der Waals surface area contributed by atoms with E-state index in [9.17, 15) is 0 Å². The lowest BCUT2D eigenvalue weighted by atomic mass is 10.1. The molecule has 236 valence electrons. The van der Waals surface area contributed by atoms with Gasteiger partial charge >= 0.3 is 0 Å². The summed E-state index contributed by atoms with van der Waals surface area (Å²) in [5.74, 6) is 3.59. The molecule has 0 bridgehead atoms. The Labute approximate surface area is 280 Å². The van der Waals surface area contributed by atoms with Crippen molar-refractivity contribution >= 4 is 61.3 Å². The highest BCUT2D eigenvalue weighted by molar-refractivity contribution is 9.10. The molecule has 0 radical (unpaired) electrons. The summed E-state index contributed by atoms with van der Waals surface area (Å²) in [7, 11) is 1.96. The van der Waals surface area contributed by atoms with Crippen molar-refractivity contribution in [2.45, 2.75) is 39.5 Å². The molecule has 0 fully saturated rings. The van der Waals surface area contributed by atoms with Crippen LogP contribution in [0.2, 0.25) is 0 Å². The molecule has 2 N–H and O–H groups in total. The van der Waals surface area contributed by atoms with Gasteiger partial charge in [-0.25, -0.2) is 15.0 Å². The molecule has 13 heteroatoms. The molecule has 7 rings (SSSR count). The van der Waals surface area contributed by atoms with Crippen LogP contribution >= 0.6 is 15.9 Å². The summed E-state index contributed by atoms with van der Waals surface area (Å²) in [6.45, 7) is 8.50. The van der Waals surface area contributed by atoms with Crippen molar-refractivity contribution in [2.75, 3.05) is 10.6 Å². The number of hydrogen-bond acceptors (Lipinski definition) is 11. The summed E-state index contributed by atoms with van der Waals surface area (Å²) in [5.41, 5.74) is 7.55. The molecular weight excluding hydrogens is 656 g/mol. The first kappa shape index (κ1) is 31.5. The van der Waals surface area contributed by atoms with Gasteiger partial charge in [0.25, 0.3) is 0 Å². The zero-order valence-electron chi connectivity index (χ0n) is 26.6.